The second-order valence-corrected chi connectivity index (χ2v) is 5.41. The van der Waals surface area contributed by atoms with E-state index in [4.69, 9.17) is 10.00 Å². The van der Waals surface area contributed by atoms with E-state index in [2.05, 4.69) is 5.32 Å². The van der Waals surface area contributed by atoms with Crippen molar-refractivity contribution >= 4 is 6.09 Å². The number of alkyl carbamates (subject to hydrolysis) is 1. The van der Waals surface area contributed by atoms with Crippen molar-refractivity contribution in [3.63, 3.8) is 0 Å². The molecule has 0 aromatic heterocycles. The van der Waals surface area contributed by atoms with Crippen molar-refractivity contribution in [2.24, 2.45) is 0 Å². The monoisotopic (exact) mass is 252 g/mol. The Labute approximate surface area is 110 Å². The quantitative estimate of drug-likeness (QED) is 0.761. The lowest BCUT2D eigenvalue weighted by Crippen LogP contribution is -2.38. The van der Waals surface area contributed by atoms with Crippen molar-refractivity contribution in [1.82, 2.24) is 5.32 Å². The highest BCUT2D eigenvalue weighted by molar-refractivity contribution is 5.68. The van der Waals surface area contributed by atoms with E-state index >= 15 is 0 Å². The molecule has 4 nitrogen and oxygen atoms in total. The van der Waals surface area contributed by atoms with Gasteiger partial charge < -0.3 is 10.1 Å². The molecule has 0 saturated carbocycles. The second kappa shape index (κ2) is 7.75. The molecule has 0 aromatic rings. The number of allylic oxidation sites excluding steroid dienone is 2. The smallest absolute Gasteiger partial charge is 0.407 e. The van der Waals surface area contributed by atoms with E-state index in [9.17, 15) is 4.79 Å². The van der Waals surface area contributed by atoms with Gasteiger partial charge in [0.1, 0.15) is 5.60 Å². The zero-order valence-electron chi connectivity index (χ0n) is 12.0. The molecule has 18 heavy (non-hydrogen) atoms. The summed E-state index contributed by atoms with van der Waals surface area (Å²) in [5, 5.41) is 11.4. The van der Waals surface area contributed by atoms with Crippen LogP contribution in [-0.2, 0) is 4.74 Å². The summed E-state index contributed by atoms with van der Waals surface area (Å²) in [6, 6.07) is 2.09. The number of rotatable bonds is 5. The van der Waals surface area contributed by atoms with E-state index in [1.54, 1.807) is 6.08 Å². The Hall–Kier alpha value is -1.50. The van der Waals surface area contributed by atoms with Crippen LogP contribution in [0.4, 0.5) is 4.79 Å². The summed E-state index contributed by atoms with van der Waals surface area (Å²) in [5.74, 6) is 0. The number of carbonyl (C=O) groups excluding carboxylic acids is 1. The van der Waals surface area contributed by atoms with Crippen LogP contribution in [0.25, 0.3) is 0 Å². The van der Waals surface area contributed by atoms with Gasteiger partial charge in [-0.3, -0.25) is 0 Å². The zero-order valence-corrected chi connectivity index (χ0v) is 12.0. The van der Waals surface area contributed by atoms with Crippen molar-refractivity contribution in [2.45, 2.75) is 65.5 Å². The highest BCUT2D eigenvalue weighted by Crippen LogP contribution is 2.11. The standard InChI is InChI=1S/C14H24N2O2/c1-6-12(8-7-11(2)9-10-15)16-13(17)18-14(3,4)5/h9,12H,6-8H2,1-5H3,(H,16,17)/b11-9+. The molecule has 0 aliphatic carbocycles. The van der Waals surface area contributed by atoms with Gasteiger partial charge in [0.05, 0.1) is 6.07 Å². The van der Waals surface area contributed by atoms with Gasteiger partial charge in [0.25, 0.3) is 0 Å². The zero-order chi connectivity index (χ0) is 14.2. The molecule has 1 unspecified atom stereocenters. The van der Waals surface area contributed by atoms with Crippen LogP contribution in [-0.4, -0.2) is 17.7 Å². The highest BCUT2D eigenvalue weighted by Gasteiger charge is 2.18. The van der Waals surface area contributed by atoms with Crippen LogP contribution in [0.1, 0.15) is 53.9 Å². The van der Waals surface area contributed by atoms with Crippen LogP contribution in [0.2, 0.25) is 0 Å². The van der Waals surface area contributed by atoms with Crippen molar-refractivity contribution in [3.05, 3.63) is 11.6 Å². The van der Waals surface area contributed by atoms with Crippen LogP contribution in [0.3, 0.4) is 0 Å². The predicted octanol–water partition coefficient (Wildman–Crippen LogP) is 3.54. The first-order valence-electron chi connectivity index (χ1n) is 6.33. The van der Waals surface area contributed by atoms with Gasteiger partial charge in [0.15, 0.2) is 0 Å². The van der Waals surface area contributed by atoms with Gasteiger partial charge in [-0.15, -0.1) is 0 Å². The number of nitrogens with one attached hydrogen (secondary N) is 1. The Balaban J connectivity index is 4.16. The first kappa shape index (κ1) is 16.5. The Morgan fingerprint density at radius 3 is 2.56 bits per heavy atom. The molecule has 102 valence electrons. The van der Waals surface area contributed by atoms with Gasteiger partial charge in [-0.25, -0.2) is 4.79 Å². The average molecular weight is 252 g/mol. The average Bonchev–Trinajstić information content (AvgIpc) is 2.22. The number of hydrogen-bond acceptors (Lipinski definition) is 3. The summed E-state index contributed by atoms with van der Waals surface area (Å²) < 4.78 is 5.21. The number of nitriles is 1. The molecule has 0 bridgehead atoms. The number of ether oxygens (including phenoxy) is 1. The van der Waals surface area contributed by atoms with Gasteiger partial charge in [-0.1, -0.05) is 12.5 Å². The minimum atomic E-state index is -0.473. The lowest BCUT2D eigenvalue weighted by Gasteiger charge is -2.23. The predicted molar refractivity (Wildman–Crippen MR) is 72.1 cm³/mol. The summed E-state index contributed by atoms with van der Waals surface area (Å²) in [4.78, 5) is 11.6. The topological polar surface area (TPSA) is 62.1 Å². The Morgan fingerprint density at radius 2 is 2.11 bits per heavy atom. The van der Waals surface area contributed by atoms with Crippen LogP contribution in [0, 0.1) is 11.3 Å². The normalized spacial score (nSPS) is 13.7. The third-order valence-electron chi connectivity index (χ3n) is 2.41. The Kier molecular flexibility index (Phi) is 7.11. The first-order valence-corrected chi connectivity index (χ1v) is 6.33. The third-order valence-corrected chi connectivity index (χ3v) is 2.41. The van der Waals surface area contributed by atoms with Crippen molar-refractivity contribution < 1.29 is 9.53 Å². The highest BCUT2D eigenvalue weighted by atomic mass is 16.6. The number of amides is 1. The van der Waals surface area contributed by atoms with Gasteiger partial charge in [-0.05, 0) is 47.0 Å². The molecule has 0 aromatic carbocycles. The minimum Gasteiger partial charge on any atom is -0.444 e. The molecule has 0 spiro atoms. The van der Waals surface area contributed by atoms with Gasteiger partial charge >= 0.3 is 6.09 Å². The maximum absolute atomic E-state index is 11.6. The molecule has 0 rings (SSSR count). The van der Waals surface area contributed by atoms with Crippen LogP contribution in [0.5, 0.6) is 0 Å². The summed E-state index contributed by atoms with van der Waals surface area (Å²) in [7, 11) is 0. The maximum Gasteiger partial charge on any atom is 0.407 e. The first-order chi connectivity index (χ1) is 8.28. The van der Waals surface area contributed by atoms with Crippen LogP contribution in [0.15, 0.2) is 11.6 Å². The SMILES string of the molecule is CCC(CC/C(C)=C/C#N)NC(=O)OC(C)(C)C. The van der Waals surface area contributed by atoms with Crippen molar-refractivity contribution in [2.75, 3.05) is 0 Å². The van der Waals surface area contributed by atoms with E-state index in [1.807, 2.05) is 40.7 Å². The van der Waals surface area contributed by atoms with E-state index in [0.717, 1.165) is 24.8 Å². The van der Waals surface area contributed by atoms with E-state index < -0.39 is 5.60 Å². The minimum absolute atomic E-state index is 0.0851. The molecule has 0 aliphatic rings. The number of carbonyl (C=O) groups is 1. The number of hydrogen-bond donors (Lipinski definition) is 1. The fourth-order valence-electron chi connectivity index (χ4n) is 1.44. The molecule has 0 heterocycles. The lowest BCUT2D eigenvalue weighted by atomic mass is 10.0. The molecule has 4 heteroatoms. The molecule has 1 N–H and O–H groups in total. The van der Waals surface area contributed by atoms with Gasteiger partial charge in [0, 0.05) is 12.1 Å². The third kappa shape index (κ3) is 8.63. The van der Waals surface area contributed by atoms with E-state index in [0.29, 0.717) is 0 Å². The van der Waals surface area contributed by atoms with Crippen LogP contribution < -0.4 is 5.32 Å². The molecule has 1 amide bonds. The summed E-state index contributed by atoms with van der Waals surface area (Å²) >= 11 is 0. The Bertz CT molecular complexity index is 335. The summed E-state index contributed by atoms with van der Waals surface area (Å²) in [6.07, 6.45) is 3.64. The maximum atomic E-state index is 11.6. The van der Waals surface area contributed by atoms with Gasteiger partial charge in [-0.2, -0.15) is 5.26 Å². The van der Waals surface area contributed by atoms with Crippen LogP contribution >= 0.6 is 0 Å². The van der Waals surface area contributed by atoms with Crippen molar-refractivity contribution in [1.29, 1.82) is 5.26 Å². The fraction of sp³-hybridized carbons (Fsp3) is 0.714. The van der Waals surface area contributed by atoms with E-state index in [-0.39, 0.29) is 12.1 Å². The Morgan fingerprint density at radius 1 is 1.50 bits per heavy atom. The molecule has 0 fully saturated rings. The molecule has 0 radical (unpaired) electrons. The lowest BCUT2D eigenvalue weighted by molar-refractivity contribution is 0.0500. The summed E-state index contributed by atoms with van der Waals surface area (Å²) in [6.45, 7) is 9.46. The largest absolute Gasteiger partial charge is 0.444 e. The molecule has 0 aliphatic heterocycles. The second-order valence-electron chi connectivity index (χ2n) is 5.41. The molecular formula is C14H24N2O2. The van der Waals surface area contributed by atoms with Crippen molar-refractivity contribution in [3.8, 4) is 6.07 Å². The van der Waals surface area contributed by atoms with Gasteiger partial charge in [0.2, 0.25) is 0 Å². The molecule has 0 saturated heterocycles. The summed E-state index contributed by atoms with van der Waals surface area (Å²) in [5.41, 5.74) is 0.556. The molecular weight excluding hydrogens is 228 g/mol. The molecule has 1 atom stereocenters. The number of nitrogens with zero attached hydrogens (tertiary/aromatic N) is 1. The van der Waals surface area contributed by atoms with E-state index in [1.165, 1.54) is 0 Å². The fourth-order valence-corrected chi connectivity index (χ4v) is 1.44.